The highest BCUT2D eigenvalue weighted by Crippen LogP contribution is 2.25. The first-order valence-electron chi connectivity index (χ1n) is 5.28. The van der Waals surface area contributed by atoms with E-state index in [1.165, 1.54) is 19.1 Å². The van der Waals surface area contributed by atoms with Crippen molar-refractivity contribution in [3.8, 4) is 11.8 Å². The molecule has 0 aliphatic rings. The zero-order chi connectivity index (χ0) is 13.5. The van der Waals surface area contributed by atoms with Gasteiger partial charge in [-0.1, -0.05) is 0 Å². The average Bonchev–Trinajstić information content (AvgIpc) is 2.34. The van der Waals surface area contributed by atoms with Gasteiger partial charge in [-0.3, -0.25) is 4.79 Å². The normalized spacial score (nSPS) is 11.4. The summed E-state index contributed by atoms with van der Waals surface area (Å²) in [6, 6.07) is 5.42. The van der Waals surface area contributed by atoms with Crippen molar-refractivity contribution in [3.05, 3.63) is 29.6 Å². The number of carbonyl (C=O) groups excluding carboxylic acids is 1. The second-order valence-corrected chi connectivity index (χ2v) is 3.58. The number of amides is 1. The molecule has 1 atom stereocenters. The lowest BCUT2D eigenvalue weighted by Gasteiger charge is -2.13. The molecule has 0 radical (unpaired) electrons. The number of hydrogen-bond donors (Lipinski definition) is 2. The molecule has 96 valence electrons. The van der Waals surface area contributed by atoms with Gasteiger partial charge < -0.3 is 15.2 Å². The van der Waals surface area contributed by atoms with Crippen molar-refractivity contribution in [2.75, 3.05) is 13.2 Å². The summed E-state index contributed by atoms with van der Waals surface area (Å²) in [6.07, 6.45) is -0.905. The maximum Gasteiger partial charge on any atom is 0.258 e. The zero-order valence-corrected chi connectivity index (χ0v) is 9.81. The lowest BCUT2D eigenvalue weighted by atomic mass is 10.1. The average molecular weight is 252 g/mol. The van der Waals surface area contributed by atoms with Crippen molar-refractivity contribution in [2.24, 2.45) is 0 Å². The molecule has 0 unspecified atom stereocenters. The van der Waals surface area contributed by atoms with Crippen LogP contribution in [0.15, 0.2) is 18.2 Å². The van der Waals surface area contributed by atoms with Crippen LogP contribution in [0.25, 0.3) is 0 Å². The number of aliphatic hydroxyl groups is 1. The second-order valence-electron chi connectivity index (χ2n) is 3.58. The summed E-state index contributed by atoms with van der Waals surface area (Å²) in [5, 5.41) is 20.0. The Balaban J connectivity index is 2.67. The smallest absolute Gasteiger partial charge is 0.258 e. The number of nitriles is 1. The molecule has 0 aliphatic heterocycles. The number of hydrogen-bond acceptors (Lipinski definition) is 4. The first-order chi connectivity index (χ1) is 8.54. The van der Waals surface area contributed by atoms with Crippen LogP contribution in [0.5, 0.6) is 5.75 Å². The van der Waals surface area contributed by atoms with Crippen molar-refractivity contribution in [1.82, 2.24) is 5.32 Å². The van der Waals surface area contributed by atoms with Gasteiger partial charge in [-0.05, 0) is 25.1 Å². The summed E-state index contributed by atoms with van der Waals surface area (Å²) in [5.74, 6) is -0.719. The number of carbonyl (C=O) groups is 1. The molecule has 5 nitrogen and oxygen atoms in total. The molecule has 1 aromatic carbocycles. The lowest BCUT2D eigenvalue weighted by molar-refractivity contribution is -0.122. The van der Waals surface area contributed by atoms with Gasteiger partial charge in [0.2, 0.25) is 0 Å². The minimum Gasteiger partial charge on any atom is -0.483 e. The summed E-state index contributed by atoms with van der Waals surface area (Å²) in [5.41, 5.74) is 0.267. The van der Waals surface area contributed by atoms with Crippen LogP contribution in [0, 0.1) is 17.1 Å². The third-order valence-electron chi connectivity index (χ3n) is 2.15. The molecule has 1 rings (SSSR count). The number of nitrogens with zero attached hydrogens (tertiary/aromatic N) is 1. The van der Waals surface area contributed by atoms with E-state index in [0.717, 1.165) is 6.07 Å². The maximum absolute atomic E-state index is 13.0. The van der Waals surface area contributed by atoms with Gasteiger partial charge in [0.1, 0.15) is 18.1 Å². The minimum atomic E-state index is -0.905. The zero-order valence-electron chi connectivity index (χ0n) is 9.81. The van der Waals surface area contributed by atoms with E-state index in [1.54, 1.807) is 6.07 Å². The Hall–Kier alpha value is -2.13. The Labute approximate surface area is 104 Å². The molecule has 0 aromatic heterocycles. The fraction of sp³-hybridized carbons (Fsp3) is 0.333. The number of halogens is 1. The third-order valence-corrected chi connectivity index (χ3v) is 2.15. The molecule has 0 saturated carbocycles. The minimum absolute atomic E-state index is 0.102. The maximum atomic E-state index is 13.0. The van der Waals surface area contributed by atoms with Crippen LogP contribution in [0.4, 0.5) is 4.39 Å². The number of ether oxygens (including phenoxy) is 1. The predicted molar refractivity (Wildman–Crippen MR) is 61.2 cm³/mol. The summed E-state index contributed by atoms with van der Waals surface area (Å²) < 4.78 is 18.2. The topological polar surface area (TPSA) is 82.3 Å². The standard InChI is InChI=1S/C12H13FN2O3/c1-8(16)10-6-9(13)2-3-11(10)18-7-12(17)15-5-4-14/h2-3,6,8,16H,5,7H2,1H3,(H,15,17)/t8-/m0/s1. The molecule has 2 N–H and O–H groups in total. The van der Waals surface area contributed by atoms with Gasteiger partial charge in [0.25, 0.3) is 5.91 Å². The monoisotopic (exact) mass is 252 g/mol. The summed E-state index contributed by atoms with van der Waals surface area (Å²) >= 11 is 0. The fourth-order valence-corrected chi connectivity index (χ4v) is 1.31. The molecule has 0 spiro atoms. The van der Waals surface area contributed by atoms with E-state index in [-0.39, 0.29) is 24.5 Å². The molecule has 1 amide bonds. The number of aliphatic hydroxyl groups excluding tert-OH is 1. The van der Waals surface area contributed by atoms with Crippen LogP contribution in [-0.4, -0.2) is 24.2 Å². The Morgan fingerprint density at radius 2 is 2.39 bits per heavy atom. The summed E-state index contributed by atoms with van der Waals surface area (Å²) in [6.45, 7) is 1.07. The van der Waals surface area contributed by atoms with Gasteiger partial charge in [0.05, 0.1) is 12.2 Å². The van der Waals surface area contributed by atoms with Crippen molar-refractivity contribution in [2.45, 2.75) is 13.0 Å². The molecule has 6 heteroatoms. The van der Waals surface area contributed by atoms with Crippen LogP contribution in [-0.2, 0) is 4.79 Å². The van der Waals surface area contributed by atoms with Crippen molar-refractivity contribution in [3.63, 3.8) is 0 Å². The first-order valence-corrected chi connectivity index (χ1v) is 5.28. The molecular weight excluding hydrogens is 239 g/mol. The van der Waals surface area contributed by atoms with E-state index in [4.69, 9.17) is 10.00 Å². The molecule has 0 saturated heterocycles. The number of rotatable bonds is 5. The summed E-state index contributed by atoms with van der Waals surface area (Å²) in [7, 11) is 0. The van der Waals surface area contributed by atoms with E-state index in [1.807, 2.05) is 0 Å². The second kappa shape index (κ2) is 6.57. The lowest BCUT2D eigenvalue weighted by Crippen LogP contribution is -2.29. The van der Waals surface area contributed by atoms with Crippen LogP contribution in [0.1, 0.15) is 18.6 Å². The highest BCUT2D eigenvalue weighted by atomic mass is 19.1. The highest BCUT2D eigenvalue weighted by molar-refractivity contribution is 5.77. The van der Waals surface area contributed by atoms with Crippen LogP contribution in [0.3, 0.4) is 0 Å². The molecule has 18 heavy (non-hydrogen) atoms. The fourth-order valence-electron chi connectivity index (χ4n) is 1.31. The Morgan fingerprint density at radius 1 is 1.67 bits per heavy atom. The van der Waals surface area contributed by atoms with Gasteiger partial charge in [-0.2, -0.15) is 5.26 Å². The largest absolute Gasteiger partial charge is 0.483 e. The number of benzene rings is 1. The van der Waals surface area contributed by atoms with Crippen LogP contribution >= 0.6 is 0 Å². The van der Waals surface area contributed by atoms with Gasteiger partial charge in [0, 0.05) is 5.56 Å². The third kappa shape index (κ3) is 4.03. The molecule has 1 aromatic rings. The van der Waals surface area contributed by atoms with Gasteiger partial charge in [-0.15, -0.1) is 0 Å². The van der Waals surface area contributed by atoms with Gasteiger partial charge >= 0.3 is 0 Å². The van der Waals surface area contributed by atoms with E-state index in [2.05, 4.69) is 5.32 Å². The first kappa shape index (κ1) is 13.9. The highest BCUT2D eigenvalue weighted by Gasteiger charge is 2.11. The molecule has 0 fully saturated rings. The Morgan fingerprint density at radius 3 is 3.00 bits per heavy atom. The Bertz CT molecular complexity index is 469. The number of nitrogens with one attached hydrogen (secondary N) is 1. The van der Waals surface area contributed by atoms with Crippen molar-refractivity contribution >= 4 is 5.91 Å². The van der Waals surface area contributed by atoms with Crippen LogP contribution < -0.4 is 10.1 Å². The predicted octanol–water partition coefficient (Wildman–Crippen LogP) is 0.898. The molecule has 0 heterocycles. The van der Waals surface area contributed by atoms with E-state index in [9.17, 15) is 14.3 Å². The van der Waals surface area contributed by atoms with Crippen molar-refractivity contribution < 1.29 is 19.0 Å². The van der Waals surface area contributed by atoms with E-state index < -0.39 is 17.8 Å². The quantitative estimate of drug-likeness (QED) is 0.763. The SMILES string of the molecule is C[C@H](O)c1cc(F)ccc1OCC(=O)NCC#N. The van der Waals surface area contributed by atoms with E-state index in [0.29, 0.717) is 0 Å². The van der Waals surface area contributed by atoms with Gasteiger partial charge in [-0.25, -0.2) is 4.39 Å². The van der Waals surface area contributed by atoms with Gasteiger partial charge in [0.15, 0.2) is 6.61 Å². The molecular formula is C12H13FN2O3. The Kier molecular flexibility index (Phi) is 5.08. The summed E-state index contributed by atoms with van der Waals surface area (Å²) in [4.78, 5) is 11.2. The van der Waals surface area contributed by atoms with Crippen LogP contribution in [0.2, 0.25) is 0 Å². The molecule has 0 bridgehead atoms. The molecule has 0 aliphatic carbocycles. The van der Waals surface area contributed by atoms with E-state index >= 15 is 0 Å². The van der Waals surface area contributed by atoms with Crippen molar-refractivity contribution in [1.29, 1.82) is 5.26 Å².